The number of para-hydroxylation sites is 1. The SMILES string of the molecule is CC=CC(=O)N(c1c(C)cccc1C)C(C)C(=O)OC. The number of carbonyl (C=O) groups is 2. The van der Waals surface area contributed by atoms with Crippen molar-refractivity contribution in [1.29, 1.82) is 0 Å². The summed E-state index contributed by atoms with van der Waals surface area (Å²) in [6, 6.07) is 5.09. The molecule has 0 aliphatic carbocycles. The zero-order valence-corrected chi connectivity index (χ0v) is 12.6. The van der Waals surface area contributed by atoms with E-state index in [4.69, 9.17) is 4.74 Å². The number of hydrogen-bond donors (Lipinski definition) is 0. The lowest BCUT2D eigenvalue weighted by Crippen LogP contribution is -2.44. The van der Waals surface area contributed by atoms with Gasteiger partial charge in [0.05, 0.1) is 12.8 Å². The van der Waals surface area contributed by atoms with Crippen molar-refractivity contribution in [2.75, 3.05) is 12.0 Å². The summed E-state index contributed by atoms with van der Waals surface area (Å²) in [6.45, 7) is 7.27. The molecule has 1 aromatic rings. The summed E-state index contributed by atoms with van der Waals surface area (Å²) in [5.74, 6) is -0.673. The van der Waals surface area contributed by atoms with Crippen molar-refractivity contribution in [1.82, 2.24) is 0 Å². The van der Waals surface area contributed by atoms with Crippen LogP contribution >= 0.6 is 0 Å². The van der Waals surface area contributed by atoms with Crippen molar-refractivity contribution < 1.29 is 14.3 Å². The Hall–Kier alpha value is -2.10. The topological polar surface area (TPSA) is 46.6 Å². The molecule has 1 rings (SSSR count). The summed E-state index contributed by atoms with van der Waals surface area (Å²) < 4.78 is 4.77. The summed E-state index contributed by atoms with van der Waals surface area (Å²) in [7, 11) is 1.32. The number of nitrogens with zero attached hydrogens (tertiary/aromatic N) is 1. The van der Waals surface area contributed by atoms with Crippen molar-refractivity contribution in [3.8, 4) is 0 Å². The highest BCUT2D eigenvalue weighted by Crippen LogP contribution is 2.27. The van der Waals surface area contributed by atoms with Crippen molar-refractivity contribution in [3.05, 3.63) is 41.5 Å². The predicted octanol–water partition coefficient (Wildman–Crippen LogP) is 2.77. The molecule has 20 heavy (non-hydrogen) atoms. The molecule has 0 heterocycles. The minimum absolute atomic E-state index is 0.234. The third-order valence-corrected chi connectivity index (χ3v) is 3.16. The van der Waals surface area contributed by atoms with Crippen LogP contribution in [0.25, 0.3) is 0 Å². The molecule has 0 radical (unpaired) electrons. The van der Waals surface area contributed by atoms with E-state index in [-0.39, 0.29) is 5.91 Å². The second-order valence-corrected chi connectivity index (χ2v) is 4.65. The maximum atomic E-state index is 12.3. The molecule has 0 saturated heterocycles. The number of ether oxygens (including phenoxy) is 1. The highest BCUT2D eigenvalue weighted by molar-refractivity contribution is 6.06. The molecule has 0 fully saturated rings. The minimum atomic E-state index is -0.677. The minimum Gasteiger partial charge on any atom is -0.467 e. The summed E-state index contributed by atoms with van der Waals surface area (Å²) in [6.07, 6.45) is 3.11. The average Bonchev–Trinajstić information content (AvgIpc) is 2.41. The van der Waals surface area contributed by atoms with Crippen molar-refractivity contribution in [2.24, 2.45) is 0 Å². The Bertz CT molecular complexity index is 514. The summed E-state index contributed by atoms with van der Waals surface area (Å²) in [5, 5.41) is 0. The van der Waals surface area contributed by atoms with E-state index < -0.39 is 12.0 Å². The zero-order chi connectivity index (χ0) is 15.3. The molecule has 1 aromatic carbocycles. The molecular formula is C16H21NO3. The molecule has 1 atom stereocenters. The van der Waals surface area contributed by atoms with E-state index in [0.29, 0.717) is 0 Å². The first-order valence-corrected chi connectivity index (χ1v) is 6.54. The maximum Gasteiger partial charge on any atom is 0.328 e. The molecule has 108 valence electrons. The van der Waals surface area contributed by atoms with E-state index in [1.165, 1.54) is 18.1 Å². The van der Waals surface area contributed by atoms with E-state index in [1.54, 1.807) is 19.9 Å². The molecule has 1 unspecified atom stereocenters. The fourth-order valence-electron chi connectivity index (χ4n) is 2.18. The van der Waals surface area contributed by atoms with E-state index in [2.05, 4.69) is 0 Å². The van der Waals surface area contributed by atoms with Gasteiger partial charge in [-0.25, -0.2) is 4.79 Å². The van der Waals surface area contributed by atoms with Crippen LogP contribution in [0, 0.1) is 13.8 Å². The summed E-state index contributed by atoms with van der Waals surface area (Å²) in [4.78, 5) is 25.6. The first kappa shape index (κ1) is 16.0. The quantitative estimate of drug-likeness (QED) is 0.627. The molecule has 4 heteroatoms. The van der Waals surface area contributed by atoms with E-state index in [0.717, 1.165) is 16.8 Å². The Balaban J connectivity index is 3.38. The first-order chi connectivity index (χ1) is 9.43. The molecule has 0 saturated carbocycles. The van der Waals surface area contributed by atoms with Crippen LogP contribution in [-0.4, -0.2) is 25.0 Å². The molecule has 0 aliphatic rings. The number of anilines is 1. The fourth-order valence-corrected chi connectivity index (χ4v) is 2.18. The molecule has 0 bridgehead atoms. The lowest BCUT2D eigenvalue weighted by molar-refractivity contribution is -0.142. The largest absolute Gasteiger partial charge is 0.467 e. The van der Waals surface area contributed by atoms with Gasteiger partial charge in [0.1, 0.15) is 6.04 Å². The van der Waals surface area contributed by atoms with Crippen LogP contribution in [0.5, 0.6) is 0 Å². The van der Waals surface area contributed by atoms with Crippen LogP contribution in [0.2, 0.25) is 0 Å². The van der Waals surface area contributed by atoms with Crippen LogP contribution in [0.15, 0.2) is 30.4 Å². The number of rotatable bonds is 4. The smallest absolute Gasteiger partial charge is 0.328 e. The number of amides is 1. The number of hydrogen-bond acceptors (Lipinski definition) is 3. The lowest BCUT2D eigenvalue weighted by Gasteiger charge is -2.29. The fraction of sp³-hybridized carbons (Fsp3) is 0.375. The van der Waals surface area contributed by atoms with Crippen LogP contribution in [0.4, 0.5) is 5.69 Å². The number of benzene rings is 1. The first-order valence-electron chi connectivity index (χ1n) is 6.54. The number of aryl methyl sites for hydroxylation is 2. The van der Waals surface area contributed by atoms with E-state index >= 15 is 0 Å². The van der Waals surface area contributed by atoms with Gasteiger partial charge in [0, 0.05) is 0 Å². The van der Waals surface area contributed by atoms with Crippen LogP contribution in [-0.2, 0) is 14.3 Å². The molecule has 0 aliphatic heterocycles. The van der Waals surface area contributed by atoms with Crippen molar-refractivity contribution in [2.45, 2.75) is 33.7 Å². The van der Waals surface area contributed by atoms with Gasteiger partial charge >= 0.3 is 5.97 Å². The Morgan fingerprint density at radius 2 is 1.80 bits per heavy atom. The van der Waals surface area contributed by atoms with Gasteiger partial charge in [-0.2, -0.15) is 0 Å². The van der Waals surface area contributed by atoms with E-state index in [1.807, 2.05) is 32.0 Å². The van der Waals surface area contributed by atoms with Gasteiger partial charge in [-0.3, -0.25) is 9.69 Å². The number of allylic oxidation sites excluding steroid dienone is 1. The normalized spacial score (nSPS) is 12.2. The van der Waals surface area contributed by atoms with Crippen molar-refractivity contribution >= 4 is 17.6 Å². The summed E-state index contributed by atoms with van der Waals surface area (Å²) in [5.41, 5.74) is 2.64. The summed E-state index contributed by atoms with van der Waals surface area (Å²) >= 11 is 0. The second-order valence-electron chi connectivity index (χ2n) is 4.65. The lowest BCUT2D eigenvalue weighted by atomic mass is 10.1. The molecule has 0 spiro atoms. The van der Waals surface area contributed by atoms with Gasteiger partial charge in [-0.05, 0) is 44.9 Å². The van der Waals surface area contributed by atoms with Gasteiger partial charge < -0.3 is 4.74 Å². The van der Waals surface area contributed by atoms with Crippen LogP contribution in [0.1, 0.15) is 25.0 Å². The molecular weight excluding hydrogens is 254 g/mol. The average molecular weight is 275 g/mol. The Kier molecular flexibility index (Phi) is 5.50. The third kappa shape index (κ3) is 3.26. The number of esters is 1. The Morgan fingerprint density at radius 1 is 1.25 bits per heavy atom. The van der Waals surface area contributed by atoms with Gasteiger partial charge in [0.25, 0.3) is 5.91 Å². The van der Waals surface area contributed by atoms with Gasteiger partial charge in [-0.1, -0.05) is 24.3 Å². The molecule has 1 amide bonds. The third-order valence-electron chi connectivity index (χ3n) is 3.16. The number of carbonyl (C=O) groups excluding carboxylic acids is 2. The Labute approximate surface area is 120 Å². The highest BCUT2D eigenvalue weighted by Gasteiger charge is 2.28. The maximum absolute atomic E-state index is 12.3. The predicted molar refractivity (Wildman–Crippen MR) is 79.7 cm³/mol. The molecule has 0 N–H and O–H groups in total. The van der Waals surface area contributed by atoms with Crippen LogP contribution < -0.4 is 4.90 Å². The van der Waals surface area contributed by atoms with Gasteiger partial charge in [0.2, 0.25) is 0 Å². The van der Waals surface area contributed by atoms with Crippen LogP contribution in [0.3, 0.4) is 0 Å². The second kappa shape index (κ2) is 6.89. The zero-order valence-electron chi connectivity index (χ0n) is 12.6. The molecule has 0 aromatic heterocycles. The van der Waals surface area contributed by atoms with Gasteiger partial charge in [-0.15, -0.1) is 0 Å². The van der Waals surface area contributed by atoms with Crippen molar-refractivity contribution in [3.63, 3.8) is 0 Å². The number of methoxy groups -OCH3 is 1. The van der Waals surface area contributed by atoms with Gasteiger partial charge in [0.15, 0.2) is 0 Å². The molecule has 4 nitrogen and oxygen atoms in total. The standard InChI is InChI=1S/C16H21NO3/c1-6-8-14(18)17(13(4)16(19)20-5)15-11(2)9-7-10-12(15)3/h6-10,13H,1-5H3. The van der Waals surface area contributed by atoms with E-state index in [9.17, 15) is 9.59 Å². The highest BCUT2D eigenvalue weighted by atomic mass is 16.5. The Morgan fingerprint density at radius 3 is 2.25 bits per heavy atom. The monoisotopic (exact) mass is 275 g/mol.